The number of benzene rings is 1. The van der Waals surface area contributed by atoms with Crippen LogP contribution in [-0.2, 0) is 17.8 Å². The highest BCUT2D eigenvalue weighted by molar-refractivity contribution is 5.77. The molecule has 0 aliphatic carbocycles. The highest BCUT2D eigenvalue weighted by Crippen LogP contribution is 2.26. The molecule has 9 nitrogen and oxygen atoms in total. The molecule has 9 heteroatoms. The van der Waals surface area contributed by atoms with Crippen molar-refractivity contribution in [1.29, 1.82) is 0 Å². The van der Waals surface area contributed by atoms with Gasteiger partial charge in [-0.1, -0.05) is 35.5 Å². The highest BCUT2D eigenvalue weighted by atomic mass is 16.5. The Morgan fingerprint density at radius 2 is 1.96 bits per heavy atom. The number of carbonyl (C=O) groups excluding carboxylic acids is 1. The van der Waals surface area contributed by atoms with Gasteiger partial charge in [-0.15, -0.1) is 0 Å². The summed E-state index contributed by atoms with van der Waals surface area (Å²) in [6.45, 7) is 1.26. The van der Waals surface area contributed by atoms with Gasteiger partial charge in [0.05, 0.1) is 5.92 Å². The van der Waals surface area contributed by atoms with Crippen molar-refractivity contribution in [1.82, 2.24) is 24.6 Å². The summed E-state index contributed by atoms with van der Waals surface area (Å²) in [5, 5.41) is 4.02. The molecule has 3 aromatic rings. The van der Waals surface area contributed by atoms with Crippen LogP contribution >= 0.6 is 0 Å². The van der Waals surface area contributed by atoms with Gasteiger partial charge in [-0.3, -0.25) is 14.6 Å². The van der Waals surface area contributed by atoms with Gasteiger partial charge in [0.1, 0.15) is 0 Å². The zero-order valence-corrected chi connectivity index (χ0v) is 15.1. The number of aromatic amines is 1. The standard InChI is InChI=1S/C19H19N5O4/c25-16-6-8-23(19(27)21-16)9-7-17(26)24-11-14(12-24)18-20-15(22-28-18)10-13-4-2-1-3-5-13/h1-6,8,14H,7,9-12H2,(H,21,25,27). The number of amides is 1. The Hall–Kier alpha value is -3.49. The number of hydrogen-bond acceptors (Lipinski definition) is 6. The summed E-state index contributed by atoms with van der Waals surface area (Å²) < 4.78 is 6.66. The van der Waals surface area contributed by atoms with Crippen LogP contribution in [0.25, 0.3) is 0 Å². The maximum Gasteiger partial charge on any atom is 0.328 e. The van der Waals surface area contributed by atoms with E-state index in [1.165, 1.54) is 16.8 Å². The Morgan fingerprint density at radius 3 is 2.71 bits per heavy atom. The number of nitrogens with one attached hydrogen (secondary N) is 1. The second kappa shape index (κ2) is 7.63. The second-order valence-electron chi connectivity index (χ2n) is 6.76. The van der Waals surface area contributed by atoms with Crippen LogP contribution in [0.5, 0.6) is 0 Å². The molecule has 1 fully saturated rings. The van der Waals surface area contributed by atoms with Crippen molar-refractivity contribution >= 4 is 5.91 Å². The molecule has 2 aromatic heterocycles. The van der Waals surface area contributed by atoms with Gasteiger partial charge in [-0.05, 0) is 5.56 Å². The van der Waals surface area contributed by atoms with Crippen molar-refractivity contribution < 1.29 is 9.32 Å². The third-order valence-corrected chi connectivity index (χ3v) is 4.74. The Labute approximate surface area is 159 Å². The van der Waals surface area contributed by atoms with Gasteiger partial charge in [0.25, 0.3) is 5.56 Å². The van der Waals surface area contributed by atoms with Crippen LogP contribution < -0.4 is 11.2 Å². The van der Waals surface area contributed by atoms with Gasteiger partial charge >= 0.3 is 5.69 Å². The van der Waals surface area contributed by atoms with Gasteiger partial charge in [-0.2, -0.15) is 4.98 Å². The molecule has 0 bridgehead atoms. The van der Waals surface area contributed by atoms with E-state index in [4.69, 9.17) is 4.52 Å². The van der Waals surface area contributed by atoms with Crippen molar-refractivity contribution in [2.75, 3.05) is 13.1 Å². The average molecular weight is 381 g/mol. The van der Waals surface area contributed by atoms with Crippen LogP contribution in [0.4, 0.5) is 0 Å². The highest BCUT2D eigenvalue weighted by Gasteiger charge is 2.35. The molecule has 4 rings (SSSR count). The lowest BCUT2D eigenvalue weighted by Crippen LogP contribution is -2.49. The minimum Gasteiger partial charge on any atom is -0.341 e. The fourth-order valence-corrected chi connectivity index (χ4v) is 3.12. The summed E-state index contributed by atoms with van der Waals surface area (Å²) in [5.74, 6) is 1.16. The van der Waals surface area contributed by atoms with Crippen LogP contribution in [0.1, 0.15) is 29.6 Å². The van der Waals surface area contributed by atoms with E-state index >= 15 is 0 Å². The fourth-order valence-electron chi connectivity index (χ4n) is 3.12. The maximum atomic E-state index is 12.3. The number of H-pyrrole nitrogens is 1. The molecular formula is C19H19N5O4. The predicted octanol–water partition coefficient (Wildman–Crippen LogP) is 0.526. The van der Waals surface area contributed by atoms with Gasteiger partial charge in [0, 0.05) is 44.7 Å². The first-order valence-electron chi connectivity index (χ1n) is 9.02. The molecule has 1 aliphatic rings. The molecule has 28 heavy (non-hydrogen) atoms. The molecule has 3 heterocycles. The lowest BCUT2D eigenvalue weighted by atomic mass is 9.99. The molecule has 0 saturated carbocycles. The maximum absolute atomic E-state index is 12.3. The monoisotopic (exact) mass is 381 g/mol. The van der Waals surface area contributed by atoms with Gasteiger partial charge in [0.15, 0.2) is 5.82 Å². The third-order valence-electron chi connectivity index (χ3n) is 4.74. The van der Waals surface area contributed by atoms with E-state index in [0.29, 0.717) is 31.2 Å². The molecule has 1 amide bonds. The summed E-state index contributed by atoms with van der Waals surface area (Å²) in [4.78, 5) is 43.3. The number of rotatable bonds is 6. The minimum absolute atomic E-state index is 0.0387. The van der Waals surface area contributed by atoms with E-state index in [1.807, 2.05) is 30.3 Å². The van der Waals surface area contributed by atoms with Crippen molar-refractivity contribution in [3.63, 3.8) is 0 Å². The quantitative estimate of drug-likeness (QED) is 0.666. The van der Waals surface area contributed by atoms with Crippen LogP contribution in [0.3, 0.4) is 0 Å². The number of likely N-dealkylation sites (tertiary alicyclic amines) is 1. The summed E-state index contributed by atoms with van der Waals surface area (Å²) in [6, 6.07) is 11.2. The Morgan fingerprint density at radius 1 is 1.18 bits per heavy atom. The van der Waals surface area contributed by atoms with Gasteiger partial charge < -0.3 is 14.0 Å². The molecule has 1 aliphatic heterocycles. The molecule has 0 radical (unpaired) electrons. The van der Waals surface area contributed by atoms with E-state index in [-0.39, 0.29) is 24.8 Å². The normalized spacial score (nSPS) is 14.1. The third kappa shape index (κ3) is 3.93. The van der Waals surface area contributed by atoms with Gasteiger partial charge in [0.2, 0.25) is 11.8 Å². The molecule has 0 spiro atoms. The zero-order valence-electron chi connectivity index (χ0n) is 15.1. The summed E-state index contributed by atoms with van der Waals surface area (Å²) in [6.07, 6.45) is 2.18. The van der Waals surface area contributed by atoms with Crippen molar-refractivity contribution in [2.45, 2.75) is 25.3 Å². The molecule has 1 N–H and O–H groups in total. The number of aromatic nitrogens is 4. The fraction of sp³-hybridized carbons (Fsp3) is 0.316. The predicted molar refractivity (Wildman–Crippen MR) is 98.8 cm³/mol. The first-order chi connectivity index (χ1) is 13.6. The first kappa shape index (κ1) is 17.9. The van der Waals surface area contributed by atoms with E-state index in [1.54, 1.807) is 4.90 Å². The number of hydrogen-bond donors (Lipinski definition) is 1. The molecule has 144 valence electrons. The summed E-state index contributed by atoms with van der Waals surface area (Å²) in [5.41, 5.74) is 0.140. The van der Waals surface area contributed by atoms with Crippen LogP contribution in [0.15, 0.2) is 56.7 Å². The Kier molecular flexibility index (Phi) is 4.88. The SMILES string of the molecule is O=C(CCn1ccc(=O)[nH]c1=O)N1CC(c2nc(Cc3ccccc3)no2)C1. The van der Waals surface area contributed by atoms with Gasteiger partial charge in [-0.25, -0.2) is 4.79 Å². The lowest BCUT2D eigenvalue weighted by Gasteiger charge is -2.37. The summed E-state index contributed by atoms with van der Waals surface area (Å²) in [7, 11) is 0. The molecular weight excluding hydrogens is 362 g/mol. The van der Waals surface area contributed by atoms with Crippen molar-refractivity contribution in [3.05, 3.63) is 80.7 Å². The Bertz CT molecular complexity index is 1080. The zero-order chi connectivity index (χ0) is 19.5. The lowest BCUT2D eigenvalue weighted by molar-refractivity contribution is -0.136. The molecule has 0 atom stereocenters. The van der Waals surface area contributed by atoms with Crippen LogP contribution in [0, 0.1) is 0 Å². The number of aryl methyl sites for hydroxylation is 1. The molecule has 1 aromatic carbocycles. The molecule has 1 saturated heterocycles. The smallest absolute Gasteiger partial charge is 0.328 e. The number of nitrogens with zero attached hydrogens (tertiary/aromatic N) is 4. The summed E-state index contributed by atoms with van der Waals surface area (Å²) >= 11 is 0. The minimum atomic E-state index is -0.515. The Balaban J connectivity index is 1.28. The number of carbonyl (C=O) groups is 1. The van der Waals surface area contributed by atoms with Crippen molar-refractivity contribution in [3.8, 4) is 0 Å². The van der Waals surface area contributed by atoms with E-state index in [2.05, 4.69) is 15.1 Å². The average Bonchev–Trinajstić information content (AvgIpc) is 3.08. The van der Waals surface area contributed by atoms with E-state index < -0.39 is 11.2 Å². The van der Waals surface area contributed by atoms with Crippen LogP contribution in [-0.4, -0.2) is 43.6 Å². The first-order valence-corrected chi connectivity index (χ1v) is 9.02. The topological polar surface area (TPSA) is 114 Å². The largest absolute Gasteiger partial charge is 0.341 e. The van der Waals surface area contributed by atoms with Crippen molar-refractivity contribution in [2.24, 2.45) is 0 Å². The van der Waals surface area contributed by atoms with Crippen LogP contribution in [0.2, 0.25) is 0 Å². The second-order valence-corrected chi connectivity index (χ2v) is 6.76. The molecule has 0 unspecified atom stereocenters. The van der Waals surface area contributed by atoms with E-state index in [0.717, 1.165) is 5.56 Å². The van der Waals surface area contributed by atoms with E-state index in [9.17, 15) is 14.4 Å².